The first kappa shape index (κ1) is 17.9. The van der Waals surface area contributed by atoms with Crippen molar-refractivity contribution in [2.75, 3.05) is 13.1 Å². The van der Waals surface area contributed by atoms with E-state index >= 15 is 0 Å². The minimum absolute atomic E-state index is 0. The summed E-state index contributed by atoms with van der Waals surface area (Å²) in [6.07, 6.45) is 1.76. The van der Waals surface area contributed by atoms with Crippen LogP contribution in [0, 0.1) is 17.0 Å². The number of carbonyl (C=O) groups is 1. The molecule has 3 nitrogen and oxygen atoms in total. The predicted molar refractivity (Wildman–Crippen MR) is 80.4 cm³/mol. The van der Waals surface area contributed by atoms with E-state index in [2.05, 4.69) is 10.6 Å². The van der Waals surface area contributed by atoms with E-state index in [1.165, 1.54) is 12.1 Å². The van der Waals surface area contributed by atoms with Crippen LogP contribution in [-0.4, -0.2) is 19.0 Å². The summed E-state index contributed by atoms with van der Waals surface area (Å²) in [5.74, 6) is -1.35. The van der Waals surface area contributed by atoms with Crippen LogP contribution in [0.2, 0.25) is 0 Å². The van der Waals surface area contributed by atoms with Crippen molar-refractivity contribution in [3.05, 3.63) is 35.4 Å². The molecule has 1 amide bonds. The topological polar surface area (TPSA) is 41.1 Å². The fraction of sp³-hybridized carbons (Fsp3) is 0.533. The van der Waals surface area contributed by atoms with E-state index in [0.29, 0.717) is 12.1 Å². The van der Waals surface area contributed by atoms with Crippen LogP contribution in [0.5, 0.6) is 0 Å². The van der Waals surface area contributed by atoms with Gasteiger partial charge in [-0.25, -0.2) is 8.78 Å². The lowest BCUT2D eigenvalue weighted by Crippen LogP contribution is -2.49. The molecule has 0 aliphatic carbocycles. The third-order valence-corrected chi connectivity index (χ3v) is 3.92. The van der Waals surface area contributed by atoms with Gasteiger partial charge >= 0.3 is 0 Å². The molecule has 0 bridgehead atoms. The summed E-state index contributed by atoms with van der Waals surface area (Å²) in [6, 6.07) is 2.92. The third kappa shape index (κ3) is 4.14. The molecule has 21 heavy (non-hydrogen) atoms. The Labute approximate surface area is 129 Å². The second kappa shape index (κ2) is 7.18. The normalized spacial score (nSPS) is 23.0. The first-order chi connectivity index (χ1) is 9.42. The van der Waals surface area contributed by atoms with Crippen LogP contribution in [0.3, 0.4) is 0 Å². The van der Waals surface area contributed by atoms with Gasteiger partial charge in [0.1, 0.15) is 11.6 Å². The number of benzene rings is 1. The number of hydrogen-bond acceptors (Lipinski definition) is 2. The molecule has 1 fully saturated rings. The van der Waals surface area contributed by atoms with Crippen LogP contribution in [-0.2, 0) is 4.79 Å². The molecule has 0 aromatic heterocycles. The highest BCUT2D eigenvalue weighted by molar-refractivity contribution is 5.85. The zero-order chi connectivity index (χ0) is 14.8. The van der Waals surface area contributed by atoms with Gasteiger partial charge in [0.05, 0.1) is 11.5 Å². The van der Waals surface area contributed by atoms with Crippen LogP contribution in [0.25, 0.3) is 0 Å². The van der Waals surface area contributed by atoms with Gasteiger partial charge in [0.15, 0.2) is 0 Å². The minimum atomic E-state index is -0.635. The molecule has 0 saturated carbocycles. The summed E-state index contributed by atoms with van der Waals surface area (Å²) >= 11 is 0. The Hall–Kier alpha value is -1.20. The van der Waals surface area contributed by atoms with E-state index in [4.69, 9.17) is 0 Å². The number of carbonyl (C=O) groups excluding carboxylic acids is 1. The zero-order valence-corrected chi connectivity index (χ0v) is 13.0. The highest BCUT2D eigenvalue weighted by Crippen LogP contribution is 2.27. The molecule has 1 aliphatic rings. The van der Waals surface area contributed by atoms with Crippen molar-refractivity contribution in [1.29, 1.82) is 0 Å². The summed E-state index contributed by atoms with van der Waals surface area (Å²) < 4.78 is 26.6. The van der Waals surface area contributed by atoms with Crippen LogP contribution < -0.4 is 10.6 Å². The minimum Gasteiger partial charge on any atom is -0.349 e. The van der Waals surface area contributed by atoms with E-state index in [1.807, 2.05) is 6.92 Å². The second-order valence-electron chi connectivity index (χ2n) is 5.70. The van der Waals surface area contributed by atoms with Crippen molar-refractivity contribution >= 4 is 18.3 Å². The Kier molecular flexibility index (Phi) is 6.10. The maximum absolute atomic E-state index is 13.7. The fourth-order valence-electron chi connectivity index (χ4n) is 2.55. The quantitative estimate of drug-likeness (QED) is 0.899. The van der Waals surface area contributed by atoms with Crippen molar-refractivity contribution in [2.24, 2.45) is 5.41 Å². The van der Waals surface area contributed by atoms with Gasteiger partial charge in [0.25, 0.3) is 0 Å². The standard InChI is InChI=1S/C15H20F2N2O.ClH/c1-10(12-5-4-11(16)8-13(12)17)19-14(20)15(2)6-3-7-18-9-15;/h4-5,8,10,18H,3,6-7,9H2,1-2H3,(H,19,20);1H. The first-order valence-corrected chi connectivity index (χ1v) is 6.89. The Balaban J connectivity index is 0.00000220. The number of amides is 1. The molecule has 1 aliphatic heterocycles. The van der Waals surface area contributed by atoms with Crippen molar-refractivity contribution < 1.29 is 13.6 Å². The lowest BCUT2D eigenvalue weighted by atomic mass is 9.81. The van der Waals surface area contributed by atoms with Crippen LogP contribution in [0.4, 0.5) is 8.78 Å². The molecule has 2 unspecified atom stereocenters. The Morgan fingerprint density at radius 1 is 1.43 bits per heavy atom. The summed E-state index contributed by atoms with van der Waals surface area (Å²) in [5, 5.41) is 6.03. The largest absolute Gasteiger partial charge is 0.349 e. The number of rotatable bonds is 3. The molecule has 118 valence electrons. The van der Waals surface area contributed by atoms with E-state index in [1.54, 1.807) is 6.92 Å². The average molecular weight is 319 g/mol. The SMILES string of the molecule is CC(NC(=O)C1(C)CCCNC1)c1ccc(F)cc1F.Cl. The monoisotopic (exact) mass is 318 g/mol. The predicted octanol–water partition coefficient (Wildman–Crippen LogP) is 2.95. The summed E-state index contributed by atoms with van der Waals surface area (Å²) in [7, 11) is 0. The molecule has 1 heterocycles. The van der Waals surface area contributed by atoms with Crippen molar-refractivity contribution in [3.63, 3.8) is 0 Å². The Morgan fingerprint density at radius 3 is 2.71 bits per heavy atom. The number of nitrogens with one attached hydrogen (secondary N) is 2. The smallest absolute Gasteiger partial charge is 0.227 e. The molecular formula is C15H21ClF2N2O. The van der Waals surface area contributed by atoms with Gasteiger partial charge in [-0.1, -0.05) is 6.07 Å². The fourth-order valence-corrected chi connectivity index (χ4v) is 2.55. The van der Waals surface area contributed by atoms with E-state index in [0.717, 1.165) is 25.5 Å². The van der Waals surface area contributed by atoms with Gasteiger partial charge in [0.2, 0.25) is 5.91 Å². The summed E-state index contributed by atoms with van der Waals surface area (Å²) in [6.45, 7) is 5.15. The number of piperidine rings is 1. The average Bonchev–Trinajstić information content (AvgIpc) is 2.39. The molecular weight excluding hydrogens is 298 g/mol. The molecule has 0 radical (unpaired) electrons. The molecule has 1 aromatic carbocycles. The van der Waals surface area contributed by atoms with Crippen LogP contribution in [0.15, 0.2) is 18.2 Å². The molecule has 1 saturated heterocycles. The van der Waals surface area contributed by atoms with Gasteiger partial charge in [0, 0.05) is 18.2 Å². The van der Waals surface area contributed by atoms with Gasteiger partial charge in [-0.3, -0.25) is 4.79 Å². The molecule has 0 spiro atoms. The molecule has 2 atom stereocenters. The highest BCUT2D eigenvalue weighted by atomic mass is 35.5. The first-order valence-electron chi connectivity index (χ1n) is 6.89. The van der Waals surface area contributed by atoms with E-state index < -0.39 is 23.1 Å². The highest BCUT2D eigenvalue weighted by Gasteiger charge is 2.35. The van der Waals surface area contributed by atoms with E-state index in [9.17, 15) is 13.6 Å². The molecule has 1 aromatic rings. The Morgan fingerprint density at radius 2 is 2.14 bits per heavy atom. The van der Waals surface area contributed by atoms with Gasteiger partial charge in [-0.05, 0) is 39.3 Å². The third-order valence-electron chi connectivity index (χ3n) is 3.92. The second-order valence-corrected chi connectivity index (χ2v) is 5.70. The molecule has 2 N–H and O–H groups in total. The lowest BCUT2D eigenvalue weighted by Gasteiger charge is -2.33. The van der Waals surface area contributed by atoms with Gasteiger partial charge in [-0.15, -0.1) is 12.4 Å². The van der Waals surface area contributed by atoms with Gasteiger partial charge < -0.3 is 10.6 Å². The van der Waals surface area contributed by atoms with Gasteiger partial charge in [-0.2, -0.15) is 0 Å². The number of halogens is 3. The summed E-state index contributed by atoms with van der Waals surface area (Å²) in [5.41, 5.74) is -0.171. The molecule has 2 rings (SSSR count). The zero-order valence-electron chi connectivity index (χ0n) is 12.2. The lowest BCUT2D eigenvalue weighted by molar-refractivity contribution is -0.131. The van der Waals surface area contributed by atoms with Crippen LogP contribution >= 0.6 is 12.4 Å². The van der Waals surface area contributed by atoms with Crippen molar-refractivity contribution in [1.82, 2.24) is 10.6 Å². The number of hydrogen-bond donors (Lipinski definition) is 2. The van der Waals surface area contributed by atoms with Crippen LogP contribution in [0.1, 0.15) is 38.3 Å². The summed E-state index contributed by atoms with van der Waals surface area (Å²) in [4.78, 5) is 12.3. The van der Waals surface area contributed by atoms with Crippen molar-refractivity contribution in [3.8, 4) is 0 Å². The maximum atomic E-state index is 13.7. The maximum Gasteiger partial charge on any atom is 0.227 e. The van der Waals surface area contributed by atoms with Crippen molar-refractivity contribution in [2.45, 2.75) is 32.7 Å². The Bertz CT molecular complexity index is 504. The molecule has 6 heteroatoms. The van der Waals surface area contributed by atoms with E-state index in [-0.39, 0.29) is 18.3 Å².